The van der Waals surface area contributed by atoms with Gasteiger partial charge in [0.05, 0.1) is 12.7 Å². The molecular weight excluding hydrogens is 224 g/mol. The first-order valence-electron chi connectivity index (χ1n) is 5.24. The Hall–Kier alpha value is -2.04. The first-order valence-corrected chi connectivity index (χ1v) is 5.24. The lowest BCUT2D eigenvalue weighted by molar-refractivity contribution is -0.137. The minimum absolute atomic E-state index is 0.0489. The van der Waals surface area contributed by atoms with Gasteiger partial charge in [0.25, 0.3) is 0 Å². The Balaban J connectivity index is 2.89. The molecule has 1 aliphatic rings. The topological polar surface area (TPSA) is 72.8 Å². The first-order chi connectivity index (χ1) is 8.10. The van der Waals surface area contributed by atoms with Crippen LogP contribution in [0.4, 0.5) is 0 Å². The van der Waals surface area contributed by atoms with Gasteiger partial charge in [-0.1, -0.05) is 6.08 Å². The maximum atomic E-state index is 11.2. The molecule has 1 N–H and O–H groups in total. The van der Waals surface area contributed by atoms with Gasteiger partial charge >= 0.3 is 11.9 Å². The molecule has 0 spiro atoms. The van der Waals surface area contributed by atoms with E-state index in [2.05, 4.69) is 6.58 Å². The Labute approximate surface area is 99.0 Å². The van der Waals surface area contributed by atoms with Crippen LogP contribution in [0.5, 0.6) is 0 Å². The van der Waals surface area contributed by atoms with Crippen molar-refractivity contribution in [3.8, 4) is 0 Å². The van der Waals surface area contributed by atoms with Crippen LogP contribution in [0, 0.1) is 0 Å². The van der Waals surface area contributed by atoms with Crippen molar-refractivity contribution < 1.29 is 24.2 Å². The van der Waals surface area contributed by atoms with Crippen LogP contribution in [0.1, 0.15) is 19.8 Å². The molecule has 1 heterocycles. The van der Waals surface area contributed by atoms with E-state index in [-0.39, 0.29) is 12.4 Å². The predicted molar refractivity (Wildman–Crippen MR) is 59.9 cm³/mol. The molecule has 1 aliphatic heterocycles. The molecule has 92 valence electrons. The molecule has 0 radical (unpaired) electrons. The maximum Gasteiger partial charge on any atom is 0.379 e. The Morgan fingerprint density at radius 3 is 2.88 bits per heavy atom. The van der Waals surface area contributed by atoms with Crippen LogP contribution in [-0.4, -0.2) is 23.7 Å². The fourth-order valence-electron chi connectivity index (χ4n) is 1.35. The number of hydrogen-bond donors (Lipinski definition) is 1. The second kappa shape index (κ2) is 5.89. The highest BCUT2D eigenvalue weighted by Gasteiger charge is 2.29. The van der Waals surface area contributed by atoms with E-state index in [1.54, 1.807) is 13.0 Å². The number of rotatable bonds is 5. The molecule has 0 aliphatic carbocycles. The average Bonchev–Trinajstić information content (AvgIpc) is 2.53. The fraction of sp³-hybridized carbons (Fsp3) is 0.333. The second-order valence-corrected chi connectivity index (χ2v) is 3.30. The van der Waals surface area contributed by atoms with Gasteiger partial charge in [-0.15, -0.1) is 6.58 Å². The molecule has 0 bridgehead atoms. The van der Waals surface area contributed by atoms with Crippen LogP contribution in [0.15, 0.2) is 35.8 Å². The van der Waals surface area contributed by atoms with E-state index in [1.807, 2.05) is 0 Å². The number of cyclic esters (lactones) is 1. The molecule has 1 rings (SSSR count). The third-order valence-electron chi connectivity index (χ3n) is 2.11. The number of carbonyl (C=O) groups excluding carboxylic acids is 2. The molecule has 5 nitrogen and oxygen atoms in total. The van der Waals surface area contributed by atoms with E-state index in [9.17, 15) is 14.7 Å². The highest BCUT2D eigenvalue weighted by Crippen LogP contribution is 2.28. The van der Waals surface area contributed by atoms with Crippen LogP contribution in [-0.2, 0) is 19.1 Å². The summed E-state index contributed by atoms with van der Waals surface area (Å²) in [6.45, 7) is 5.44. The van der Waals surface area contributed by atoms with Gasteiger partial charge in [0, 0.05) is 5.57 Å². The first kappa shape index (κ1) is 13.0. The second-order valence-electron chi connectivity index (χ2n) is 3.30. The molecule has 0 aromatic rings. The Morgan fingerprint density at radius 2 is 2.29 bits per heavy atom. The van der Waals surface area contributed by atoms with Crippen molar-refractivity contribution in [3.05, 3.63) is 35.8 Å². The molecule has 0 amide bonds. The fourth-order valence-corrected chi connectivity index (χ4v) is 1.35. The highest BCUT2D eigenvalue weighted by atomic mass is 16.6. The minimum Gasteiger partial charge on any atom is -0.502 e. The van der Waals surface area contributed by atoms with Crippen LogP contribution >= 0.6 is 0 Å². The van der Waals surface area contributed by atoms with Crippen molar-refractivity contribution in [3.63, 3.8) is 0 Å². The Kier molecular flexibility index (Phi) is 4.51. The van der Waals surface area contributed by atoms with E-state index < -0.39 is 17.7 Å². The smallest absolute Gasteiger partial charge is 0.379 e. The largest absolute Gasteiger partial charge is 0.502 e. The normalized spacial score (nSPS) is 17.2. The maximum absolute atomic E-state index is 11.2. The van der Waals surface area contributed by atoms with E-state index >= 15 is 0 Å². The van der Waals surface area contributed by atoms with Crippen LogP contribution in [0.3, 0.4) is 0 Å². The molecule has 0 unspecified atom stereocenters. The molecule has 0 aromatic heterocycles. The molecule has 0 saturated carbocycles. The minimum atomic E-state index is -0.848. The average molecular weight is 238 g/mol. The summed E-state index contributed by atoms with van der Waals surface area (Å²) in [4.78, 5) is 22.4. The summed E-state index contributed by atoms with van der Waals surface area (Å²) in [6.07, 6.45) is 3.65. The number of aliphatic hydroxyl groups excluding tert-OH is 1. The van der Waals surface area contributed by atoms with Gasteiger partial charge in [-0.25, -0.2) is 9.59 Å². The standard InChI is InChI=1S/C12H14O5/c1-3-5-6-8-9(7-10(13)16-4-2)17-12(15)11(8)14/h3,7,14H,1,4-6H2,2H3/b9-7+. The molecule has 0 saturated heterocycles. The molecular formula is C12H14O5. The summed E-state index contributed by atoms with van der Waals surface area (Å²) < 4.78 is 9.46. The summed E-state index contributed by atoms with van der Waals surface area (Å²) in [5.74, 6) is -1.86. The van der Waals surface area contributed by atoms with Crippen molar-refractivity contribution >= 4 is 11.9 Å². The van der Waals surface area contributed by atoms with Crippen LogP contribution in [0.2, 0.25) is 0 Å². The van der Waals surface area contributed by atoms with Crippen LogP contribution < -0.4 is 0 Å². The number of ether oxygens (including phenoxy) is 2. The van der Waals surface area contributed by atoms with Crippen molar-refractivity contribution in [2.45, 2.75) is 19.8 Å². The van der Waals surface area contributed by atoms with Gasteiger partial charge < -0.3 is 14.6 Å². The number of aliphatic hydroxyl groups is 1. The molecule has 17 heavy (non-hydrogen) atoms. The monoisotopic (exact) mass is 238 g/mol. The third-order valence-corrected chi connectivity index (χ3v) is 2.11. The highest BCUT2D eigenvalue weighted by molar-refractivity contribution is 5.94. The van der Waals surface area contributed by atoms with E-state index in [0.29, 0.717) is 18.4 Å². The lowest BCUT2D eigenvalue weighted by atomic mass is 10.1. The summed E-state index contributed by atoms with van der Waals surface area (Å²) in [5, 5.41) is 9.48. The third kappa shape index (κ3) is 3.21. The summed E-state index contributed by atoms with van der Waals surface area (Å²) in [7, 11) is 0. The zero-order valence-corrected chi connectivity index (χ0v) is 9.56. The number of allylic oxidation sites excluding steroid dienone is 2. The summed E-state index contributed by atoms with van der Waals surface area (Å²) in [5.41, 5.74) is 0.308. The van der Waals surface area contributed by atoms with Crippen LogP contribution in [0.25, 0.3) is 0 Å². The summed E-state index contributed by atoms with van der Waals surface area (Å²) >= 11 is 0. The lowest BCUT2D eigenvalue weighted by Gasteiger charge is -2.02. The quantitative estimate of drug-likeness (QED) is 0.449. The molecule has 0 atom stereocenters. The van der Waals surface area contributed by atoms with Gasteiger partial charge in [0.1, 0.15) is 5.76 Å². The van der Waals surface area contributed by atoms with Crippen molar-refractivity contribution in [2.24, 2.45) is 0 Å². The number of esters is 2. The zero-order chi connectivity index (χ0) is 12.8. The molecule has 0 fully saturated rings. The van der Waals surface area contributed by atoms with Gasteiger partial charge in [0.15, 0.2) is 0 Å². The van der Waals surface area contributed by atoms with Gasteiger partial charge in [-0.2, -0.15) is 0 Å². The summed E-state index contributed by atoms with van der Waals surface area (Å²) in [6, 6.07) is 0. The molecule has 5 heteroatoms. The SMILES string of the molecule is C=CCCC1=C(O)C(=O)O/C1=C/C(=O)OCC. The van der Waals surface area contributed by atoms with Crippen molar-refractivity contribution in [1.29, 1.82) is 0 Å². The van der Waals surface area contributed by atoms with Gasteiger partial charge in [-0.05, 0) is 19.8 Å². The van der Waals surface area contributed by atoms with Gasteiger partial charge in [0.2, 0.25) is 5.76 Å². The lowest BCUT2D eigenvalue weighted by Crippen LogP contribution is -2.03. The van der Waals surface area contributed by atoms with E-state index in [0.717, 1.165) is 6.08 Å². The Bertz CT molecular complexity index is 403. The number of hydrogen-bond acceptors (Lipinski definition) is 5. The van der Waals surface area contributed by atoms with Crippen molar-refractivity contribution in [2.75, 3.05) is 6.61 Å². The predicted octanol–water partition coefficient (Wildman–Crippen LogP) is 1.77. The van der Waals surface area contributed by atoms with Crippen molar-refractivity contribution in [1.82, 2.24) is 0 Å². The number of carbonyl (C=O) groups is 2. The van der Waals surface area contributed by atoms with Gasteiger partial charge in [-0.3, -0.25) is 0 Å². The molecule has 0 aromatic carbocycles. The van der Waals surface area contributed by atoms with E-state index in [4.69, 9.17) is 9.47 Å². The Morgan fingerprint density at radius 1 is 1.59 bits per heavy atom. The zero-order valence-electron chi connectivity index (χ0n) is 9.56. The van der Waals surface area contributed by atoms with E-state index in [1.165, 1.54) is 0 Å².